The third-order valence-electron chi connectivity index (χ3n) is 1.63. The van der Waals surface area contributed by atoms with E-state index in [1.165, 1.54) is 11.3 Å². The quantitative estimate of drug-likeness (QED) is 0.678. The lowest BCUT2D eigenvalue weighted by Crippen LogP contribution is -2.11. The average Bonchev–Trinajstić information content (AvgIpc) is 2.69. The Morgan fingerprint density at radius 2 is 2.13 bits per heavy atom. The molecule has 1 aromatic rings. The molecule has 0 aliphatic rings. The largest absolute Gasteiger partial charge is 0.466 e. The van der Waals surface area contributed by atoms with E-state index in [1.54, 1.807) is 0 Å². The number of hydrogen-bond acceptors (Lipinski definition) is 6. The second kappa shape index (κ2) is 7.56. The number of nitrogens with zero attached hydrogens (tertiary/aromatic N) is 2. The molecule has 0 unspecified atom stereocenters. The van der Waals surface area contributed by atoms with E-state index < -0.39 is 0 Å². The second-order valence-corrected chi connectivity index (χ2v) is 3.81. The van der Waals surface area contributed by atoms with E-state index in [9.17, 15) is 0 Å². The highest BCUT2D eigenvalue weighted by atomic mass is 32.1. The van der Waals surface area contributed by atoms with Crippen molar-refractivity contribution < 1.29 is 9.47 Å². The highest BCUT2D eigenvalue weighted by Crippen LogP contribution is 2.17. The molecule has 0 bridgehead atoms. The predicted molar refractivity (Wildman–Crippen MR) is 59.3 cm³/mol. The van der Waals surface area contributed by atoms with E-state index in [0.29, 0.717) is 25.0 Å². The molecule has 1 aromatic heterocycles. The normalized spacial score (nSPS) is 10.5. The van der Waals surface area contributed by atoms with Gasteiger partial charge in [-0.2, -0.15) is 0 Å². The fourth-order valence-corrected chi connectivity index (χ4v) is 1.61. The van der Waals surface area contributed by atoms with Gasteiger partial charge in [0.1, 0.15) is 11.6 Å². The van der Waals surface area contributed by atoms with E-state index >= 15 is 0 Å². The van der Waals surface area contributed by atoms with Crippen LogP contribution in [-0.2, 0) is 11.3 Å². The van der Waals surface area contributed by atoms with Crippen LogP contribution >= 0.6 is 11.3 Å². The van der Waals surface area contributed by atoms with Gasteiger partial charge < -0.3 is 14.8 Å². The Morgan fingerprint density at radius 1 is 1.27 bits per heavy atom. The van der Waals surface area contributed by atoms with Crippen molar-refractivity contribution >= 4 is 11.3 Å². The molecule has 15 heavy (non-hydrogen) atoms. The second-order valence-electron chi connectivity index (χ2n) is 2.79. The lowest BCUT2D eigenvalue weighted by molar-refractivity contribution is 0.110. The minimum absolute atomic E-state index is 0.531. The summed E-state index contributed by atoms with van der Waals surface area (Å²) in [7, 11) is 0. The monoisotopic (exact) mass is 231 g/mol. The number of hydrogen-bond donors (Lipinski definition) is 1. The smallest absolute Gasteiger partial charge is 0.294 e. The summed E-state index contributed by atoms with van der Waals surface area (Å²) in [5.41, 5.74) is 0. The van der Waals surface area contributed by atoms with Gasteiger partial charge in [0.2, 0.25) is 0 Å². The molecule has 0 spiro atoms. The molecule has 1 N–H and O–H groups in total. The number of rotatable bonds is 8. The summed E-state index contributed by atoms with van der Waals surface area (Å²) in [6.07, 6.45) is 0. The van der Waals surface area contributed by atoms with Gasteiger partial charge in [-0.05, 0) is 13.5 Å². The Morgan fingerprint density at radius 3 is 2.87 bits per heavy atom. The fraction of sp³-hybridized carbons (Fsp3) is 0.778. The van der Waals surface area contributed by atoms with Gasteiger partial charge in [-0.3, -0.25) is 0 Å². The van der Waals surface area contributed by atoms with Gasteiger partial charge in [0, 0.05) is 13.2 Å². The van der Waals surface area contributed by atoms with Gasteiger partial charge in [-0.25, -0.2) is 0 Å². The van der Waals surface area contributed by atoms with Crippen LogP contribution in [0.15, 0.2) is 0 Å². The molecule has 86 valence electrons. The average molecular weight is 231 g/mol. The van der Waals surface area contributed by atoms with Crippen molar-refractivity contribution in [2.75, 3.05) is 26.4 Å². The molecule has 5 nitrogen and oxygen atoms in total. The summed E-state index contributed by atoms with van der Waals surface area (Å²) in [4.78, 5) is 0. The molecule has 0 aliphatic heterocycles. The molecule has 6 heteroatoms. The summed E-state index contributed by atoms with van der Waals surface area (Å²) in [6, 6.07) is 0. The number of aromatic nitrogens is 2. The van der Waals surface area contributed by atoms with Gasteiger partial charge >= 0.3 is 0 Å². The molecule has 0 saturated carbocycles. The fourth-order valence-electron chi connectivity index (χ4n) is 0.932. The third kappa shape index (κ3) is 5.06. The standard InChI is InChI=1S/C9H17N3O2S/c1-3-10-7-8-11-12-9(15-8)14-6-5-13-4-2/h10H,3-7H2,1-2H3. The molecular formula is C9H17N3O2S. The summed E-state index contributed by atoms with van der Waals surface area (Å²) in [6.45, 7) is 7.54. The summed E-state index contributed by atoms with van der Waals surface area (Å²) in [5.74, 6) is 0. The first-order valence-corrected chi connectivity index (χ1v) is 5.92. The number of ether oxygens (including phenoxy) is 2. The topological polar surface area (TPSA) is 56.3 Å². The first-order chi connectivity index (χ1) is 7.36. The van der Waals surface area contributed by atoms with Crippen LogP contribution in [0.25, 0.3) is 0 Å². The van der Waals surface area contributed by atoms with Gasteiger partial charge in [0.05, 0.1) is 6.61 Å². The zero-order valence-corrected chi connectivity index (χ0v) is 9.97. The van der Waals surface area contributed by atoms with Crippen molar-refractivity contribution in [3.63, 3.8) is 0 Å². The van der Waals surface area contributed by atoms with E-state index in [1.807, 2.05) is 6.92 Å². The van der Waals surface area contributed by atoms with E-state index in [2.05, 4.69) is 22.4 Å². The molecule has 1 heterocycles. The molecule has 0 radical (unpaired) electrons. The zero-order valence-electron chi connectivity index (χ0n) is 9.15. The molecule has 0 fully saturated rings. The first-order valence-electron chi connectivity index (χ1n) is 5.10. The predicted octanol–water partition coefficient (Wildman–Crippen LogP) is 1.06. The maximum Gasteiger partial charge on any atom is 0.294 e. The van der Waals surface area contributed by atoms with Gasteiger partial charge in [0.15, 0.2) is 0 Å². The molecule has 0 aromatic carbocycles. The third-order valence-corrected chi connectivity index (χ3v) is 2.47. The summed E-state index contributed by atoms with van der Waals surface area (Å²) < 4.78 is 10.5. The van der Waals surface area contributed by atoms with Gasteiger partial charge in [-0.1, -0.05) is 18.3 Å². The van der Waals surface area contributed by atoms with Crippen LogP contribution in [0.2, 0.25) is 0 Å². The van der Waals surface area contributed by atoms with Crippen LogP contribution in [0.1, 0.15) is 18.9 Å². The van der Waals surface area contributed by atoms with E-state index in [4.69, 9.17) is 9.47 Å². The van der Waals surface area contributed by atoms with Crippen LogP contribution in [0.5, 0.6) is 5.19 Å². The van der Waals surface area contributed by atoms with E-state index in [0.717, 1.165) is 18.1 Å². The summed E-state index contributed by atoms with van der Waals surface area (Å²) >= 11 is 1.47. The Labute approximate surface area is 93.8 Å². The lowest BCUT2D eigenvalue weighted by Gasteiger charge is -2.00. The van der Waals surface area contributed by atoms with Crippen LogP contribution in [0.3, 0.4) is 0 Å². The number of nitrogens with one attached hydrogen (secondary N) is 1. The molecule has 1 rings (SSSR count). The summed E-state index contributed by atoms with van der Waals surface area (Å²) in [5, 5.41) is 12.7. The minimum atomic E-state index is 0.531. The van der Waals surface area contributed by atoms with Crippen molar-refractivity contribution in [1.29, 1.82) is 0 Å². The SMILES string of the molecule is CCNCc1nnc(OCCOCC)s1. The van der Waals surface area contributed by atoms with Crippen molar-refractivity contribution in [3.8, 4) is 5.19 Å². The van der Waals surface area contributed by atoms with Crippen LogP contribution in [0, 0.1) is 0 Å². The van der Waals surface area contributed by atoms with Crippen LogP contribution in [-0.4, -0.2) is 36.6 Å². The maximum absolute atomic E-state index is 5.36. The Bertz CT molecular complexity index is 268. The van der Waals surface area contributed by atoms with Crippen molar-refractivity contribution in [3.05, 3.63) is 5.01 Å². The molecule has 0 amide bonds. The van der Waals surface area contributed by atoms with Gasteiger partial charge in [-0.15, -0.1) is 10.2 Å². The van der Waals surface area contributed by atoms with E-state index in [-0.39, 0.29) is 0 Å². The van der Waals surface area contributed by atoms with Gasteiger partial charge in [0.25, 0.3) is 5.19 Å². The Balaban J connectivity index is 2.20. The van der Waals surface area contributed by atoms with Crippen molar-refractivity contribution in [2.24, 2.45) is 0 Å². The molecule has 0 atom stereocenters. The Kier molecular flexibility index (Phi) is 6.22. The Hall–Kier alpha value is -0.720. The zero-order chi connectivity index (χ0) is 10.9. The maximum atomic E-state index is 5.36. The molecule has 0 aliphatic carbocycles. The minimum Gasteiger partial charge on any atom is -0.466 e. The van der Waals surface area contributed by atoms with Crippen LogP contribution < -0.4 is 10.1 Å². The molecular weight excluding hydrogens is 214 g/mol. The van der Waals surface area contributed by atoms with Crippen LogP contribution in [0.4, 0.5) is 0 Å². The first kappa shape index (κ1) is 12.4. The van der Waals surface area contributed by atoms with Crippen molar-refractivity contribution in [2.45, 2.75) is 20.4 Å². The molecule has 0 saturated heterocycles. The highest BCUT2D eigenvalue weighted by Gasteiger charge is 2.03. The lowest BCUT2D eigenvalue weighted by atomic mass is 10.6. The van der Waals surface area contributed by atoms with Crippen molar-refractivity contribution in [1.82, 2.24) is 15.5 Å². The highest BCUT2D eigenvalue weighted by molar-refractivity contribution is 7.13.